The third kappa shape index (κ3) is 3.20. The molecule has 0 bridgehead atoms. The molecule has 2 aromatic rings. The molecule has 1 aromatic carbocycles. The molecule has 0 aliphatic heterocycles. The lowest BCUT2D eigenvalue weighted by molar-refractivity contribution is 0.102. The zero-order valence-corrected chi connectivity index (χ0v) is 12.9. The van der Waals surface area contributed by atoms with Gasteiger partial charge >= 0.3 is 0 Å². The molecule has 92 valence electrons. The molecule has 0 saturated heterocycles. The number of aromatic nitrogens is 1. The number of carbonyl (C=O) groups is 1. The molecule has 1 aromatic heterocycles. The van der Waals surface area contributed by atoms with Crippen molar-refractivity contribution in [1.29, 1.82) is 0 Å². The molecule has 0 spiro atoms. The van der Waals surface area contributed by atoms with Crippen molar-refractivity contribution >= 4 is 55.9 Å². The third-order valence-electron chi connectivity index (χ3n) is 2.20. The van der Waals surface area contributed by atoms with Crippen LogP contribution in [0, 0.1) is 3.57 Å². The average Bonchev–Trinajstić information content (AvgIpc) is 2.35. The summed E-state index contributed by atoms with van der Waals surface area (Å²) in [5, 5.41) is 2.72. The van der Waals surface area contributed by atoms with E-state index in [0.29, 0.717) is 17.1 Å². The van der Waals surface area contributed by atoms with Gasteiger partial charge in [-0.05, 0) is 52.9 Å². The summed E-state index contributed by atoms with van der Waals surface area (Å²) >= 11 is 5.46. The van der Waals surface area contributed by atoms with Crippen molar-refractivity contribution < 1.29 is 4.79 Å². The summed E-state index contributed by atoms with van der Waals surface area (Å²) < 4.78 is 1.74. The van der Waals surface area contributed by atoms with Gasteiger partial charge in [0.2, 0.25) is 0 Å². The summed E-state index contributed by atoms with van der Waals surface area (Å²) in [6.45, 7) is 0. The van der Waals surface area contributed by atoms with Crippen LogP contribution >= 0.6 is 38.5 Å². The minimum Gasteiger partial charge on any atom is -0.397 e. The van der Waals surface area contributed by atoms with E-state index in [-0.39, 0.29) is 5.91 Å². The first-order chi connectivity index (χ1) is 8.56. The Morgan fingerprint density at radius 1 is 1.33 bits per heavy atom. The number of pyridine rings is 1. The number of nitrogens with two attached hydrogens (primary N) is 1. The molecule has 0 fully saturated rings. The maximum atomic E-state index is 12.1. The van der Waals surface area contributed by atoms with Crippen molar-refractivity contribution in [2.24, 2.45) is 0 Å². The number of nitrogens with zero attached hydrogens (tertiary/aromatic N) is 1. The first-order valence-corrected chi connectivity index (χ1v) is 6.91. The number of rotatable bonds is 2. The molecule has 18 heavy (non-hydrogen) atoms. The predicted molar refractivity (Wildman–Crippen MR) is 83.5 cm³/mol. The number of hydrogen-bond acceptors (Lipinski definition) is 3. The molecule has 0 aliphatic rings. The van der Waals surface area contributed by atoms with Crippen molar-refractivity contribution in [1.82, 2.24) is 4.98 Å². The van der Waals surface area contributed by atoms with E-state index in [1.807, 2.05) is 12.1 Å². The van der Waals surface area contributed by atoms with Crippen LogP contribution in [0.25, 0.3) is 0 Å². The third-order valence-corrected chi connectivity index (χ3v) is 3.63. The van der Waals surface area contributed by atoms with Crippen molar-refractivity contribution in [3.8, 4) is 0 Å². The Morgan fingerprint density at radius 2 is 2.11 bits per heavy atom. The van der Waals surface area contributed by atoms with Gasteiger partial charge in [-0.2, -0.15) is 0 Å². The van der Waals surface area contributed by atoms with Gasteiger partial charge in [0.05, 0.1) is 17.4 Å². The van der Waals surface area contributed by atoms with Gasteiger partial charge in [-0.3, -0.25) is 4.79 Å². The minimum absolute atomic E-state index is 0.196. The molecule has 0 atom stereocenters. The van der Waals surface area contributed by atoms with Gasteiger partial charge in [0.25, 0.3) is 5.91 Å². The highest BCUT2D eigenvalue weighted by Crippen LogP contribution is 2.19. The van der Waals surface area contributed by atoms with E-state index in [1.54, 1.807) is 18.2 Å². The van der Waals surface area contributed by atoms with Crippen LogP contribution in [0.4, 0.5) is 11.5 Å². The summed E-state index contributed by atoms with van der Waals surface area (Å²) in [6.07, 6.45) is 1.50. The SMILES string of the molecule is Nc1ccc(NC(=O)c2cc(Br)ccc2I)nc1. The topological polar surface area (TPSA) is 68.0 Å². The summed E-state index contributed by atoms with van der Waals surface area (Å²) in [5.74, 6) is 0.281. The smallest absolute Gasteiger partial charge is 0.257 e. The van der Waals surface area contributed by atoms with Crippen LogP contribution < -0.4 is 11.1 Å². The molecular formula is C12H9BrIN3O. The molecule has 2 rings (SSSR count). The van der Waals surface area contributed by atoms with Crippen molar-refractivity contribution in [2.45, 2.75) is 0 Å². The first kappa shape index (κ1) is 13.3. The maximum absolute atomic E-state index is 12.1. The van der Waals surface area contributed by atoms with Crippen LogP contribution in [-0.2, 0) is 0 Å². The van der Waals surface area contributed by atoms with E-state index in [9.17, 15) is 4.79 Å². The Labute approximate surface area is 126 Å². The number of benzene rings is 1. The molecular weight excluding hydrogens is 409 g/mol. The Balaban J connectivity index is 2.21. The van der Waals surface area contributed by atoms with Gasteiger partial charge in [0.15, 0.2) is 0 Å². The number of halogens is 2. The highest BCUT2D eigenvalue weighted by molar-refractivity contribution is 14.1. The van der Waals surface area contributed by atoms with Gasteiger partial charge in [0.1, 0.15) is 5.82 Å². The molecule has 1 amide bonds. The normalized spacial score (nSPS) is 10.1. The lowest BCUT2D eigenvalue weighted by Gasteiger charge is -2.06. The van der Waals surface area contributed by atoms with E-state index in [4.69, 9.17) is 5.73 Å². The highest BCUT2D eigenvalue weighted by atomic mass is 127. The number of hydrogen-bond donors (Lipinski definition) is 2. The highest BCUT2D eigenvalue weighted by Gasteiger charge is 2.11. The lowest BCUT2D eigenvalue weighted by Crippen LogP contribution is -2.14. The minimum atomic E-state index is -0.196. The Morgan fingerprint density at radius 3 is 2.78 bits per heavy atom. The van der Waals surface area contributed by atoms with Crippen LogP contribution in [0.15, 0.2) is 41.0 Å². The fourth-order valence-corrected chi connectivity index (χ4v) is 2.28. The zero-order chi connectivity index (χ0) is 13.1. The van der Waals surface area contributed by atoms with Gasteiger partial charge in [-0.25, -0.2) is 4.98 Å². The van der Waals surface area contributed by atoms with E-state index in [1.165, 1.54) is 6.20 Å². The summed E-state index contributed by atoms with van der Waals surface area (Å²) in [7, 11) is 0. The Kier molecular flexibility index (Phi) is 4.18. The fourth-order valence-electron chi connectivity index (χ4n) is 1.33. The van der Waals surface area contributed by atoms with E-state index in [0.717, 1.165) is 8.04 Å². The van der Waals surface area contributed by atoms with Crippen molar-refractivity contribution in [3.05, 3.63) is 50.1 Å². The molecule has 0 radical (unpaired) electrons. The van der Waals surface area contributed by atoms with E-state index >= 15 is 0 Å². The summed E-state index contributed by atoms with van der Waals surface area (Å²) in [4.78, 5) is 16.1. The summed E-state index contributed by atoms with van der Waals surface area (Å²) in [6, 6.07) is 8.89. The van der Waals surface area contributed by atoms with Crippen LogP contribution in [0.5, 0.6) is 0 Å². The Hall–Kier alpha value is -1.15. The number of carbonyl (C=O) groups excluding carboxylic acids is 1. The summed E-state index contributed by atoms with van der Waals surface area (Å²) in [5.41, 5.74) is 6.69. The number of amides is 1. The van der Waals surface area contributed by atoms with Crippen LogP contribution in [-0.4, -0.2) is 10.9 Å². The number of nitrogen functional groups attached to an aromatic ring is 1. The second kappa shape index (κ2) is 5.66. The van der Waals surface area contributed by atoms with Crippen LogP contribution in [0.3, 0.4) is 0 Å². The maximum Gasteiger partial charge on any atom is 0.257 e. The van der Waals surface area contributed by atoms with E-state index in [2.05, 4.69) is 48.8 Å². The van der Waals surface area contributed by atoms with E-state index < -0.39 is 0 Å². The van der Waals surface area contributed by atoms with Gasteiger partial charge in [-0.1, -0.05) is 15.9 Å². The molecule has 0 aliphatic carbocycles. The van der Waals surface area contributed by atoms with Crippen LogP contribution in [0.2, 0.25) is 0 Å². The molecule has 1 heterocycles. The molecule has 6 heteroatoms. The quantitative estimate of drug-likeness (QED) is 0.736. The fraction of sp³-hybridized carbons (Fsp3) is 0. The standard InChI is InChI=1S/C12H9BrIN3O/c13-7-1-3-10(14)9(5-7)12(18)17-11-4-2-8(15)6-16-11/h1-6H,15H2,(H,16,17,18). The monoisotopic (exact) mass is 417 g/mol. The lowest BCUT2D eigenvalue weighted by atomic mass is 10.2. The second-order valence-corrected chi connectivity index (χ2v) is 5.63. The average molecular weight is 418 g/mol. The number of nitrogens with one attached hydrogen (secondary N) is 1. The molecule has 0 saturated carbocycles. The van der Waals surface area contributed by atoms with Crippen molar-refractivity contribution in [3.63, 3.8) is 0 Å². The molecule has 4 nitrogen and oxygen atoms in total. The zero-order valence-electron chi connectivity index (χ0n) is 9.15. The van der Waals surface area contributed by atoms with Gasteiger partial charge in [-0.15, -0.1) is 0 Å². The largest absolute Gasteiger partial charge is 0.397 e. The van der Waals surface area contributed by atoms with Crippen LogP contribution in [0.1, 0.15) is 10.4 Å². The second-order valence-electron chi connectivity index (χ2n) is 3.56. The number of anilines is 2. The first-order valence-electron chi connectivity index (χ1n) is 5.04. The molecule has 3 N–H and O–H groups in total. The van der Waals surface area contributed by atoms with Gasteiger partial charge < -0.3 is 11.1 Å². The van der Waals surface area contributed by atoms with Gasteiger partial charge in [0, 0.05) is 8.04 Å². The predicted octanol–water partition coefficient (Wildman–Crippen LogP) is 3.28. The van der Waals surface area contributed by atoms with Crippen molar-refractivity contribution in [2.75, 3.05) is 11.1 Å². The Bertz CT molecular complexity index is 586. The molecule has 0 unspecified atom stereocenters.